The Morgan fingerprint density at radius 3 is 2.79 bits per heavy atom. The molecule has 0 amide bonds. The SMILES string of the molecule is COCc1c2c(nc3ccc(Br)cc13)-c1cc(C)c(COC(=O)O)c(=O)n1C2. The molecular formula is C20H17BrN2O5. The average Bonchev–Trinajstić information content (AvgIpc) is 3.00. The van der Waals surface area contributed by atoms with Gasteiger partial charge in [-0.3, -0.25) is 4.79 Å². The van der Waals surface area contributed by atoms with E-state index in [1.165, 1.54) is 0 Å². The van der Waals surface area contributed by atoms with Gasteiger partial charge in [0.15, 0.2) is 0 Å². The number of hydrogen-bond donors (Lipinski definition) is 1. The smallest absolute Gasteiger partial charge is 0.450 e. The minimum absolute atomic E-state index is 0.261. The molecule has 0 unspecified atom stereocenters. The van der Waals surface area contributed by atoms with Crippen molar-refractivity contribution in [1.29, 1.82) is 0 Å². The maximum Gasteiger partial charge on any atom is 0.506 e. The minimum atomic E-state index is -1.41. The van der Waals surface area contributed by atoms with Crippen LogP contribution in [0.25, 0.3) is 22.3 Å². The molecule has 0 saturated heterocycles. The number of ether oxygens (including phenoxy) is 2. The molecule has 3 heterocycles. The number of fused-ring (bicyclic) bond motifs is 4. The van der Waals surface area contributed by atoms with Crippen LogP contribution in [-0.2, 0) is 29.2 Å². The number of carboxylic acid groups (broad SMARTS) is 1. The van der Waals surface area contributed by atoms with E-state index in [1.54, 1.807) is 18.6 Å². The molecule has 1 aromatic carbocycles. The Bertz CT molecular complexity index is 1190. The van der Waals surface area contributed by atoms with Gasteiger partial charge in [-0.1, -0.05) is 15.9 Å². The first-order valence-corrected chi connectivity index (χ1v) is 9.39. The Labute approximate surface area is 168 Å². The highest BCUT2D eigenvalue weighted by atomic mass is 79.9. The number of methoxy groups -OCH3 is 1. The Morgan fingerprint density at radius 1 is 1.29 bits per heavy atom. The lowest BCUT2D eigenvalue weighted by Crippen LogP contribution is -2.25. The van der Waals surface area contributed by atoms with E-state index in [0.29, 0.717) is 24.3 Å². The topological polar surface area (TPSA) is 90.7 Å². The average molecular weight is 445 g/mol. The molecule has 0 spiro atoms. The lowest BCUT2D eigenvalue weighted by molar-refractivity contribution is 0.0848. The van der Waals surface area contributed by atoms with Gasteiger partial charge in [0.25, 0.3) is 5.56 Å². The van der Waals surface area contributed by atoms with Gasteiger partial charge in [0.1, 0.15) is 6.61 Å². The normalized spacial score (nSPS) is 12.1. The lowest BCUT2D eigenvalue weighted by atomic mass is 10.0. The predicted octanol–water partition coefficient (Wildman–Crippen LogP) is 3.84. The summed E-state index contributed by atoms with van der Waals surface area (Å²) in [5.74, 6) is 0. The molecule has 0 fully saturated rings. The van der Waals surface area contributed by atoms with Crippen LogP contribution in [0.3, 0.4) is 0 Å². The third-order valence-corrected chi connectivity index (χ3v) is 5.47. The summed E-state index contributed by atoms with van der Waals surface area (Å²) < 4.78 is 12.6. The molecule has 1 aliphatic heterocycles. The number of carbonyl (C=O) groups is 1. The molecule has 0 atom stereocenters. The number of benzene rings is 1. The molecule has 1 N–H and O–H groups in total. The summed E-state index contributed by atoms with van der Waals surface area (Å²) in [6.07, 6.45) is -1.41. The van der Waals surface area contributed by atoms with Crippen molar-refractivity contribution in [3.8, 4) is 11.4 Å². The molecule has 7 nitrogen and oxygen atoms in total. The molecule has 0 bridgehead atoms. The second-order valence-corrected chi connectivity index (χ2v) is 7.56. The van der Waals surface area contributed by atoms with Gasteiger partial charge in [0, 0.05) is 22.5 Å². The Balaban J connectivity index is 1.93. The fraction of sp³-hybridized carbons (Fsp3) is 0.250. The van der Waals surface area contributed by atoms with Gasteiger partial charge in [-0.15, -0.1) is 0 Å². The van der Waals surface area contributed by atoms with Crippen molar-refractivity contribution in [2.24, 2.45) is 0 Å². The van der Waals surface area contributed by atoms with E-state index in [2.05, 4.69) is 20.7 Å². The highest BCUT2D eigenvalue weighted by Crippen LogP contribution is 2.37. The summed E-state index contributed by atoms with van der Waals surface area (Å²) in [6, 6.07) is 7.72. The number of rotatable bonds is 4. The quantitative estimate of drug-likeness (QED) is 0.480. The third kappa shape index (κ3) is 2.98. The van der Waals surface area contributed by atoms with Crippen molar-refractivity contribution in [3.63, 3.8) is 0 Å². The van der Waals surface area contributed by atoms with Crippen molar-refractivity contribution in [2.45, 2.75) is 26.7 Å². The largest absolute Gasteiger partial charge is 0.506 e. The van der Waals surface area contributed by atoms with Crippen molar-refractivity contribution in [1.82, 2.24) is 9.55 Å². The van der Waals surface area contributed by atoms with E-state index < -0.39 is 6.16 Å². The maximum absolute atomic E-state index is 13.0. The molecule has 0 radical (unpaired) electrons. The number of aryl methyl sites for hydroxylation is 1. The van der Waals surface area contributed by atoms with Crippen molar-refractivity contribution in [3.05, 3.63) is 61.3 Å². The summed E-state index contributed by atoms with van der Waals surface area (Å²) in [7, 11) is 1.64. The third-order valence-electron chi connectivity index (χ3n) is 4.98. The van der Waals surface area contributed by atoms with Gasteiger partial charge in [0.05, 0.1) is 35.6 Å². The fourth-order valence-electron chi connectivity index (χ4n) is 3.66. The molecular weight excluding hydrogens is 428 g/mol. The maximum atomic E-state index is 13.0. The Kier molecular flexibility index (Phi) is 4.68. The first-order valence-electron chi connectivity index (χ1n) is 8.60. The van der Waals surface area contributed by atoms with E-state index in [-0.39, 0.29) is 12.2 Å². The van der Waals surface area contributed by atoms with Gasteiger partial charge in [-0.05, 0) is 42.3 Å². The molecule has 144 valence electrons. The second kappa shape index (κ2) is 7.03. The van der Waals surface area contributed by atoms with E-state index in [1.807, 2.05) is 24.3 Å². The van der Waals surface area contributed by atoms with Gasteiger partial charge in [-0.2, -0.15) is 0 Å². The summed E-state index contributed by atoms with van der Waals surface area (Å²) in [5, 5.41) is 9.73. The van der Waals surface area contributed by atoms with Crippen LogP contribution in [0.4, 0.5) is 4.79 Å². The number of pyridine rings is 2. The van der Waals surface area contributed by atoms with Crippen LogP contribution in [0.1, 0.15) is 22.3 Å². The highest BCUT2D eigenvalue weighted by Gasteiger charge is 2.27. The Hall–Kier alpha value is -2.71. The van der Waals surface area contributed by atoms with Crippen LogP contribution in [0, 0.1) is 6.92 Å². The molecule has 3 aromatic rings. The molecule has 4 rings (SSSR count). The highest BCUT2D eigenvalue weighted by molar-refractivity contribution is 9.10. The van der Waals surface area contributed by atoms with Crippen LogP contribution < -0.4 is 5.56 Å². The molecule has 28 heavy (non-hydrogen) atoms. The van der Waals surface area contributed by atoms with Crippen molar-refractivity contribution < 1.29 is 19.4 Å². The lowest BCUT2D eigenvalue weighted by Gasteiger charge is -2.11. The zero-order chi connectivity index (χ0) is 20.0. The van der Waals surface area contributed by atoms with E-state index in [0.717, 1.165) is 37.9 Å². The van der Waals surface area contributed by atoms with Gasteiger partial charge < -0.3 is 19.1 Å². The number of nitrogens with zero attached hydrogens (tertiary/aromatic N) is 2. The van der Waals surface area contributed by atoms with Crippen LogP contribution in [0.5, 0.6) is 0 Å². The molecule has 8 heteroatoms. The summed E-state index contributed by atoms with van der Waals surface area (Å²) in [6.45, 7) is 2.26. The molecule has 0 aliphatic carbocycles. The Morgan fingerprint density at radius 2 is 2.07 bits per heavy atom. The summed E-state index contributed by atoms with van der Waals surface area (Å²) in [5.41, 5.74) is 4.99. The monoisotopic (exact) mass is 444 g/mol. The molecule has 0 saturated carbocycles. The zero-order valence-electron chi connectivity index (χ0n) is 15.3. The van der Waals surface area contributed by atoms with E-state index in [4.69, 9.17) is 14.8 Å². The molecule has 1 aliphatic rings. The molecule has 2 aromatic heterocycles. The van der Waals surface area contributed by atoms with Crippen LogP contribution in [-0.4, -0.2) is 27.9 Å². The minimum Gasteiger partial charge on any atom is -0.450 e. The predicted molar refractivity (Wildman–Crippen MR) is 107 cm³/mol. The van der Waals surface area contributed by atoms with E-state index >= 15 is 0 Å². The summed E-state index contributed by atoms with van der Waals surface area (Å²) in [4.78, 5) is 28.5. The number of hydrogen-bond acceptors (Lipinski definition) is 5. The zero-order valence-corrected chi connectivity index (χ0v) is 16.9. The second-order valence-electron chi connectivity index (χ2n) is 6.65. The van der Waals surface area contributed by atoms with Gasteiger partial charge in [0.2, 0.25) is 0 Å². The number of aromatic nitrogens is 2. The van der Waals surface area contributed by atoms with Crippen molar-refractivity contribution in [2.75, 3.05) is 7.11 Å². The standard InChI is InChI=1S/C20H17BrN2O5/c1-10-5-17-18-13(7-23(17)19(24)14(10)9-28-20(25)26)15(8-27-2)12-6-11(21)3-4-16(12)22-18/h3-6H,7-9H2,1-2H3,(H,25,26). The van der Waals surface area contributed by atoms with Crippen LogP contribution in [0.15, 0.2) is 33.5 Å². The summed E-state index contributed by atoms with van der Waals surface area (Å²) >= 11 is 3.50. The number of halogens is 1. The first kappa shape index (κ1) is 18.6. The first-order chi connectivity index (χ1) is 13.4. The van der Waals surface area contributed by atoms with E-state index in [9.17, 15) is 9.59 Å². The van der Waals surface area contributed by atoms with Crippen molar-refractivity contribution >= 4 is 33.0 Å². The van der Waals surface area contributed by atoms with Gasteiger partial charge in [-0.25, -0.2) is 9.78 Å². The van der Waals surface area contributed by atoms with Crippen LogP contribution >= 0.6 is 15.9 Å². The fourth-order valence-corrected chi connectivity index (χ4v) is 4.03. The van der Waals surface area contributed by atoms with Gasteiger partial charge >= 0.3 is 6.16 Å². The van der Waals surface area contributed by atoms with Crippen LogP contribution in [0.2, 0.25) is 0 Å².